The summed E-state index contributed by atoms with van der Waals surface area (Å²) in [4.78, 5) is 3.86. The second kappa shape index (κ2) is 5.16. The first kappa shape index (κ1) is 12.0. The van der Waals surface area contributed by atoms with Gasteiger partial charge in [-0.3, -0.25) is 0 Å². The lowest BCUT2D eigenvalue weighted by molar-refractivity contribution is -0.134. The number of alkyl halides is 3. The Morgan fingerprint density at radius 3 is 2.67 bits per heavy atom. The zero-order chi connectivity index (χ0) is 11.3. The van der Waals surface area contributed by atoms with E-state index in [0.717, 1.165) is 6.42 Å². The molecule has 0 aliphatic carbocycles. The molecule has 0 aliphatic heterocycles. The number of aromatic nitrogens is 1. The van der Waals surface area contributed by atoms with Crippen LogP contribution in [0.25, 0.3) is 0 Å². The quantitative estimate of drug-likeness (QED) is 0.829. The summed E-state index contributed by atoms with van der Waals surface area (Å²) in [5.74, 6) is 0.733. The number of halogens is 3. The van der Waals surface area contributed by atoms with Gasteiger partial charge in [0.2, 0.25) is 0 Å². The van der Waals surface area contributed by atoms with E-state index in [4.69, 9.17) is 10.2 Å². The molecule has 0 unspecified atom stereocenters. The van der Waals surface area contributed by atoms with Crippen molar-refractivity contribution in [2.75, 3.05) is 6.54 Å². The molecule has 0 fully saturated rings. The molecule has 0 spiro atoms. The van der Waals surface area contributed by atoms with Crippen molar-refractivity contribution in [3.05, 3.63) is 17.8 Å². The average Bonchev–Trinajstić information content (AvgIpc) is 2.58. The molecule has 2 N–H and O–H groups in total. The van der Waals surface area contributed by atoms with E-state index in [-0.39, 0.29) is 12.2 Å². The number of nitrogens with zero attached hydrogens (tertiary/aromatic N) is 1. The van der Waals surface area contributed by atoms with Crippen molar-refractivity contribution in [2.45, 2.75) is 31.9 Å². The van der Waals surface area contributed by atoms with Gasteiger partial charge in [-0.25, -0.2) is 4.98 Å². The van der Waals surface area contributed by atoms with E-state index in [1.807, 2.05) is 0 Å². The van der Waals surface area contributed by atoms with E-state index >= 15 is 0 Å². The molecule has 86 valence electrons. The van der Waals surface area contributed by atoms with Gasteiger partial charge in [0.15, 0.2) is 5.89 Å². The fourth-order valence-electron chi connectivity index (χ4n) is 1.10. The number of hydrogen-bond donors (Lipinski definition) is 1. The summed E-state index contributed by atoms with van der Waals surface area (Å²) in [6.07, 6.45) is -2.54. The number of aryl methyl sites for hydroxylation is 2. The first-order valence-electron chi connectivity index (χ1n) is 4.71. The Kier molecular flexibility index (Phi) is 4.14. The van der Waals surface area contributed by atoms with Crippen molar-refractivity contribution in [2.24, 2.45) is 5.73 Å². The van der Waals surface area contributed by atoms with Crippen LogP contribution in [0.5, 0.6) is 0 Å². The highest BCUT2D eigenvalue weighted by atomic mass is 19.4. The molecular formula is C9H13F3N2O. The average molecular weight is 222 g/mol. The number of rotatable bonds is 5. The van der Waals surface area contributed by atoms with Crippen LogP contribution in [0.15, 0.2) is 10.6 Å². The zero-order valence-corrected chi connectivity index (χ0v) is 8.18. The van der Waals surface area contributed by atoms with Crippen LogP contribution >= 0.6 is 0 Å². The summed E-state index contributed by atoms with van der Waals surface area (Å²) in [6.45, 7) is 0.514. The highest BCUT2D eigenvalue weighted by molar-refractivity contribution is 4.95. The summed E-state index contributed by atoms with van der Waals surface area (Å²) in [7, 11) is 0. The van der Waals surface area contributed by atoms with E-state index in [1.165, 1.54) is 6.20 Å². The van der Waals surface area contributed by atoms with Gasteiger partial charge in [-0.1, -0.05) is 0 Å². The molecule has 1 aromatic heterocycles. The maximum absolute atomic E-state index is 11.9. The summed E-state index contributed by atoms with van der Waals surface area (Å²) < 4.78 is 40.7. The van der Waals surface area contributed by atoms with Gasteiger partial charge >= 0.3 is 6.18 Å². The van der Waals surface area contributed by atoms with Gasteiger partial charge in [0.1, 0.15) is 5.76 Å². The first-order chi connectivity index (χ1) is 7.01. The van der Waals surface area contributed by atoms with Crippen molar-refractivity contribution < 1.29 is 17.6 Å². The van der Waals surface area contributed by atoms with E-state index in [0.29, 0.717) is 18.9 Å². The molecule has 1 heterocycles. The zero-order valence-electron chi connectivity index (χ0n) is 8.18. The molecule has 0 aromatic carbocycles. The van der Waals surface area contributed by atoms with Crippen LogP contribution in [0.2, 0.25) is 0 Å². The Morgan fingerprint density at radius 1 is 1.33 bits per heavy atom. The summed E-state index contributed by atoms with van der Waals surface area (Å²) >= 11 is 0. The van der Waals surface area contributed by atoms with Gasteiger partial charge < -0.3 is 10.2 Å². The van der Waals surface area contributed by atoms with Gasteiger partial charge in [-0.2, -0.15) is 13.2 Å². The van der Waals surface area contributed by atoms with Gasteiger partial charge in [0.25, 0.3) is 0 Å². The summed E-state index contributed by atoms with van der Waals surface area (Å²) in [5, 5.41) is 0. The lowest BCUT2D eigenvalue weighted by Gasteiger charge is -2.02. The SMILES string of the molecule is NCCCc1ncc(CCC(F)(F)F)o1. The molecule has 15 heavy (non-hydrogen) atoms. The second-order valence-corrected chi connectivity index (χ2v) is 3.23. The topological polar surface area (TPSA) is 52.0 Å². The van der Waals surface area contributed by atoms with E-state index in [2.05, 4.69) is 4.98 Å². The van der Waals surface area contributed by atoms with E-state index < -0.39 is 12.6 Å². The summed E-state index contributed by atoms with van der Waals surface area (Å²) in [5.41, 5.74) is 5.28. The largest absolute Gasteiger partial charge is 0.446 e. The Balaban J connectivity index is 2.39. The van der Waals surface area contributed by atoms with Crippen molar-refractivity contribution in [3.8, 4) is 0 Å². The van der Waals surface area contributed by atoms with Crippen LogP contribution in [-0.2, 0) is 12.8 Å². The lowest BCUT2D eigenvalue weighted by atomic mass is 10.2. The maximum Gasteiger partial charge on any atom is 0.389 e. The third-order valence-electron chi connectivity index (χ3n) is 1.85. The van der Waals surface area contributed by atoms with Crippen molar-refractivity contribution in [3.63, 3.8) is 0 Å². The normalized spacial score (nSPS) is 12.0. The summed E-state index contributed by atoms with van der Waals surface area (Å²) in [6, 6.07) is 0. The van der Waals surface area contributed by atoms with E-state index in [1.54, 1.807) is 0 Å². The highest BCUT2D eigenvalue weighted by Crippen LogP contribution is 2.22. The molecule has 0 amide bonds. The van der Waals surface area contributed by atoms with Gasteiger partial charge in [0, 0.05) is 12.8 Å². The Morgan fingerprint density at radius 2 is 2.07 bits per heavy atom. The molecule has 0 radical (unpaired) electrons. The van der Waals surface area contributed by atoms with Gasteiger partial charge in [-0.15, -0.1) is 0 Å². The lowest BCUT2D eigenvalue weighted by Crippen LogP contribution is -2.08. The molecule has 0 aliphatic rings. The fourth-order valence-corrected chi connectivity index (χ4v) is 1.10. The van der Waals surface area contributed by atoms with Crippen molar-refractivity contribution in [1.29, 1.82) is 0 Å². The van der Waals surface area contributed by atoms with Gasteiger partial charge in [0.05, 0.1) is 12.6 Å². The smallest absolute Gasteiger partial charge is 0.389 e. The molecule has 1 aromatic rings. The van der Waals surface area contributed by atoms with E-state index in [9.17, 15) is 13.2 Å². The maximum atomic E-state index is 11.9. The molecule has 0 saturated carbocycles. The Bertz CT molecular complexity index is 296. The number of hydrogen-bond acceptors (Lipinski definition) is 3. The number of nitrogens with two attached hydrogens (primary N) is 1. The molecule has 3 nitrogen and oxygen atoms in total. The molecule has 6 heteroatoms. The first-order valence-corrected chi connectivity index (χ1v) is 4.71. The minimum atomic E-state index is -4.15. The molecule has 0 bridgehead atoms. The Hall–Kier alpha value is -1.04. The van der Waals surface area contributed by atoms with Crippen LogP contribution in [0, 0.1) is 0 Å². The molecule has 0 atom stereocenters. The standard InChI is InChI=1S/C9H13F3N2O/c10-9(11,12)4-3-7-6-14-8(15-7)2-1-5-13/h6H,1-5,13H2. The highest BCUT2D eigenvalue weighted by Gasteiger charge is 2.27. The third kappa shape index (κ3) is 4.83. The van der Waals surface area contributed by atoms with Crippen LogP contribution in [0.3, 0.4) is 0 Å². The monoisotopic (exact) mass is 222 g/mol. The Labute approximate surface area is 85.5 Å². The van der Waals surface area contributed by atoms with Crippen LogP contribution < -0.4 is 5.73 Å². The van der Waals surface area contributed by atoms with Crippen LogP contribution in [0.1, 0.15) is 24.5 Å². The van der Waals surface area contributed by atoms with Crippen molar-refractivity contribution in [1.82, 2.24) is 4.98 Å². The fraction of sp³-hybridized carbons (Fsp3) is 0.667. The number of oxazole rings is 1. The predicted octanol–water partition coefficient (Wildman–Crippen LogP) is 2.06. The molecule has 0 saturated heterocycles. The van der Waals surface area contributed by atoms with Crippen LogP contribution in [-0.4, -0.2) is 17.7 Å². The molecular weight excluding hydrogens is 209 g/mol. The third-order valence-corrected chi connectivity index (χ3v) is 1.85. The van der Waals surface area contributed by atoms with Gasteiger partial charge in [-0.05, 0) is 13.0 Å². The minimum Gasteiger partial charge on any atom is -0.446 e. The molecule has 1 rings (SSSR count). The van der Waals surface area contributed by atoms with Crippen molar-refractivity contribution >= 4 is 0 Å². The second-order valence-electron chi connectivity index (χ2n) is 3.23. The predicted molar refractivity (Wildman–Crippen MR) is 48.3 cm³/mol. The minimum absolute atomic E-state index is 0.154. The van der Waals surface area contributed by atoms with Crippen LogP contribution in [0.4, 0.5) is 13.2 Å².